The summed E-state index contributed by atoms with van der Waals surface area (Å²) < 4.78 is 33.2. The Balaban J connectivity index is 1.58. The van der Waals surface area contributed by atoms with E-state index in [2.05, 4.69) is 15.0 Å². The zero-order valence-corrected chi connectivity index (χ0v) is 19.9. The van der Waals surface area contributed by atoms with Gasteiger partial charge in [-0.2, -0.15) is 0 Å². The molecule has 0 radical (unpaired) electrons. The Bertz CT molecular complexity index is 1420. The van der Waals surface area contributed by atoms with E-state index in [1.54, 1.807) is 36.7 Å². The van der Waals surface area contributed by atoms with Crippen LogP contribution >= 0.6 is 0 Å². The molecule has 0 bridgehead atoms. The number of nitrogens with zero attached hydrogens (tertiary/aromatic N) is 2. The number of rotatable bonds is 8. The lowest BCUT2D eigenvalue weighted by Gasteiger charge is -2.25. The second-order valence-corrected chi connectivity index (χ2v) is 10.5. The quantitative estimate of drug-likeness (QED) is 0.388. The number of hydrogen-bond donors (Lipinski definition) is 1. The Kier molecular flexibility index (Phi) is 6.46. The molecule has 0 spiro atoms. The van der Waals surface area contributed by atoms with Crippen LogP contribution in [-0.4, -0.2) is 29.2 Å². The summed E-state index contributed by atoms with van der Waals surface area (Å²) in [6.45, 7) is 0. The van der Waals surface area contributed by atoms with Gasteiger partial charge in [-0.3, -0.25) is 4.79 Å². The van der Waals surface area contributed by atoms with Crippen LogP contribution in [0.1, 0.15) is 51.8 Å². The molecule has 7 nitrogen and oxygen atoms in total. The first-order chi connectivity index (χ1) is 17.0. The molecule has 2 aromatic carbocycles. The molecule has 5 rings (SSSR count). The van der Waals surface area contributed by atoms with Crippen molar-refractivity contribution < 1.29 is 17.9 Å². The Morgan fingerprint density at radius 1 is 0.943 bits per heavy atom. The monoisotopic (exact) mass is 487 g/mol. The largest absolute Gasteiger partial charge is 0.485 e. The van der Waals surface area contributed by atoms with Gasteiger partial charge in [-0.15, -0.1) is 0 Å². The van der Waals surface area contributed by atoms with Crippen LogP contribution < -0.4 is 4.74 Å². The smallest absolute Gasteiger partial charge is 0.199 e. The molecule has 0 saturated heterocycles. The number of H-pyrrole nitrogens is 1. The number of pyridine rings is 1. The fraction of sp³-hybridized carbons (Fsp3) is 0.222. The summed E-state index contributed by atoms with van der Waals surface area (Å²) in [5.74, 6) is 0.954. The first kappa shape index (κ1) is 23.0. The van der Waals surface area contributed by atoms with E-state index in [9.17, 15) is 13.2 Å². The minimum absolute atomic E-state index is 0.000818. The number of imidazole rings is 1. The number of fused-ring (bicyclic) bond motifs is 1. The third-order valence-corrected chi connectivity index (χ3v) is 7.73. The van der Waals surface area contributed by atoms with E-state index < -0.39 is 15.9 Å². The predicted molar refractivity (Wildman–Crippen MR) is 131 cm³/mol. The highest BCUT2D eigenvalue weighted by atomic mass is 32.2. The molecule has 0 unspecified atom stereocenters. The fourth-order valence-corrected chi connectivity index (χ4v) is 5.83. The maximum Gasteiger partial charge on any atom is 0.199 e. The second-order valence-electron chi connectivity index (χ2n) is 8.53. The zero-order valence-electron chi connectivity index (χ0n) is 19.1. The van der Waals surface area contributed by atoms with Crippen LogP contribution in [0.3, 0.4) is 0 Å². The van der Waals surface area contributed by atoms with Crippen molar-refractivity contribution >= 4 is 15.6 Å². The summed E-state index contributed by atoms with van der Waals surface area (Å²) in [6.07, 6.45) is 6.74. The Labute approximate surface area is 204 Å². The predicted octanol–water partition coefficient (Wildman–Crippen LogP) is 4.66. The lowest BCUT2D eigenvalue weighted by atomic mass is 9.87. The summed E-state index contributed by atoms with van der Waals surface area (Å²) in [5, 5.41) is 0.000818. The van der Waals surface area contributed by atoms with Gasteiger partial charge in [-0.25, -0.2) is 18.4 Å². The molecule has 35 heavy (non-hydrogen) atoms. The van der Waals surface area contributed by atoms with E-state index in [0.717, 1.165) is 17.0 Å². The normalized spacial score (nSPS) is 14.3. The highest BCUT2D eigenvalue weighted by Crippen LogP contribution is 2.36. The highest BCUT2D eigenvalue weighted by Gasteiger charge is 2.28. The molecular weight excluding hydrogens is 462 g/mol. The number of ketones is 1. The Hall–Kier alpha value is -3.78. The van der Waals surface area contributed by atoms with Crippen LogP contribution in [0.5, 0.6) is 5.75 Å². The minimum Gasteiger partial charge on any atom is -0.485 e. The van der Waals surface area contributed by atoms with Crippen molar-refractivity contribution in [1.82, 2.24) is 15.0 Å². The van der Waals surface area contributed by atoms with Gasteiger partial charge in [0, 0.05) is 42.6 Å². The third-order valence-electron chi connectivity index (χ3n) is 6.18. The first-order valence-electron chi connectivity index (χ1n) is 11.5. The number of aromatic amines is 1. The van der Waals surface area contributed by atoms with Crippen molar-refractivity contribution in [3.05, 3.63) is 107 Å². The van der Waals surface area contributed by atoms with E-state index in [1.807, 2.05) is 30.3 Å². The van der Waals surface area contributed by atoms with Crippen molar-refractivity contribution in [3.8, 4) is 5.75 Å². The zero-order chi connectivity index (χ0) is 24.3. The van der Waals surface area contributed by atoms with Gasteiger partial charge >= 0.3 is 0 Å². The van der Waals surface area contributed by atoms with E-state index in [1.165, 1.54) is 12.3 Å². The van der Waals surface area contributed by atoms with Crippen LogP contribution in [0.15, 0.2) is 84.3 Å². The summed E-state index contributed by atoms with van der Waals surface area (Å²) in [7, 11) is -3.76. The molecule has 1 aliphatic carbocycles. The maximum atomic E-state index is 13.3. The number of Topliss-reactive ketones (excluding diaryl/α,β-unsaturated/α-hetero) is 1. The molecule has 2 aromatic heterocycles. The molecular formula is C27H25N3O4S. The van der Waals surface area contributed by atoms with Gasteiger partial charge in [0.1, 0.15) is 17.7 Å². The average molecular weight is 488 g/mol. The van der Waals surface area contributed by atoms with Crippen LogP contribution in [0.25, 0.3) is 0 Å². The number of sulfone groups is 1. The molecule has 1 N–H and O–H groups in total. The number of carbonyl (C=O) groups excluding carboxylic acids is 1. The van der Waals surface area contributed by atoms with Gasteiger partial charge in [-0.1, -0.05) is 36.4 Å². The van der Waals surface area contributed by atoms with Crippen molar-refractivity contribution in [1.29, 1.82) is 0 Å². The summed E-state index contributed by atoms with van der Waals surface area (Å²) in [5.41, 5.74) is 2.80. The van der Waals surface area contributed by atoms with Crippen molar-refractivity contribution in [2.24, 2.45) is 0 Å². The van der Waals surface area contributed by atoms with Gasteiger partial charge < -0.3 is 9.72 Å². The topological polar surface area (TPSA) is 102 Å². The molecule has 0 saturated carbocycles. The summed E-state index contributed by atoms with van der Waals surface area (Å²) in [6, 6.07) is 18.0. The van der Waals surface area contributed by atoms with E-state index in [4.69, 9.17) is 4.74 Å². The van der Waals surface area contributed by atoms with Crippen LogP contribution in [0, 0.1) is 0 Å². The molecule has 1 atom stereocenters. The van der Waals surface area contributed by atoms with Gasteiger partial charge in [0.25, 0.3) is 0 Å². The van der Waals surface area contributed by atoms with Crippen molar-refractivity contribution in [2.75, 3.05) is 0 Å². The van der Waals surface area contributed by atoms with Crippen molar-refractivity contribution in [2.45, 2.75) is 42.6 Å². The van der Waals surface area contributed by atoms with E-state index in [0.29, 0.717) is 42.6 Å². The van der Waals surface area contributed by atoms with Gasteiger partial charge in [0.05, 0.1) is 5.75 Å². The number of aromatic nitrogens is 3. The van der Waals surface area contributed by atoms with Crippen molar-refractivity contribution in [3.63, 3.8) is 0 Å². The molecule has 2 heterocycles. The SMILES string of the molecule is O=C1CCCc2c1ccc(O[C@@H](Cc1ncc[nH]1)c1ccccc1)c2CS(=O)(=O)c1ccccn1. The van der Waals surface area contributed by atoms with E-state index >= 15 is 0 Å². The molecule has 4 aromatic rings. The number of benzene rings is 2. The number of carbonyl (C=O) groups is 1. The van der Waals surface area contributed by atoms with Crippen LogP contribution in [0.2, 0.25) is 0 Å². The van der Waals surface area contributed by atoms with E-state index in [-0.39, 0.29) is 16.6 Å². The van der Waals surface area contributed by atoms with Gasteiger partial charge in [0.2, 0.25) is 0 Å². The van der Waals surface area contributed by atoms with Gasteiger partial charge in [0.15, 0.2) is 20.6 Å². The molecule has 8 heteroatoms. The number of hydrogen-bond acceptors (Lipinski definition) is 6. The third kappa shape index (κ3) is 5.02. The van der Waals surface area contributed by atoms with Crippen LogP contribution in [0.4, 0.5) is 0 Å². The fourth-order valence-electron chi connectivity index (χ4n) is 4.48. The second kappa shape index (κ2) is 9.84. The highest BCUT2D eigenvalue weighted by molar-refractivity contribution is 7.90. The Morgan fingerprint density at radius 2 is 1.77 bits per heavy atom. The van der Waals surface area contributed by atoms with Gasteiger partial charge in [-0.05, 0) is 48.2 Å². The van der Waals surface area contributed by atoms with Crippen LogP contribution in [-0.2, 0) is 28.4 Å². The molecule has 0 aliphatic heterocycles. The summed E-state index contributed by atoms with van der Waals surface area (Å²) >= 11 is 0. The molecule has 0 fully saturated rings. The average Bonchev–Trinajstić information content (AvgIpc) is 3.39. The standard InChI is InChI=1S/C27H25N3O4S/c31-23-10-6-9-20-21(23)12-13-24(22(20)18-35(32,33)27-11-4-5-14-30-27)34-25(17-26-28-15-16-29-26)19-7-2-1-3-8-19/h1-5,7-8,11-16,25H,6,9-10,17-18H2,(H,28,29)/t25-/m0/s1. The Morgan fingerprint density at radius 3 is 2.51 bits per heavy atom. The number of ether oxygens (including phenoxy) is 1. The lowest BCUT2D eigenvalue weighted by Crippen LogP contribution is -2.19. The lowest BCUT2D eigenvalue weighted by molar-refractivity contribution is 0.0972. The molecule has 178 valence electrons. The number of nitrogens with one attached hydrogen (secondary N) is 1. The minimum atomic E-state index is -3.76. The first-order valence-corrected chi connectivity index (χ1v) is 13.2. The maximum absolute atomic E-state index is 13.3. The molecule has 1 aliphatic rings. The molecule has 0 amide bonds. The summed E-state index contributed by atoms with van der Waals surface area (Å²) in [4.78, 5) is 24.1.